The predicted molar refractivity (Wildman–Crippen MR) is 126 cm³/mol. The summed E-state index contributed by atoms with van der Waals surface area (Å²) in [7, 11) is 0. The molecule has 7 nitrogen and oxygen atoms in total. The molecule has 5 rings (SSSR count). The van der Waals surface area contributed by atoms with Crippen LogP contribution in [0.1, 0.15) is 49.7 Å². The number of amides is 2. The first-order valence-electron chi connectivity index (χ1n) is 12.0. The van der Waals surface area contributed by atoms with Crippen molar-refractivity contribution in [2.75, 3.05) is 19.7 Å². The van der Waals surface area contributed by atoms with E-state index in [1.165, 1.54) is 11.1 Å². The summed E-state index contributed by atoms with van der Waals surface area (Å²) in [5.41, 5.74) is 3.83. The summed E-state index contributed by atoms with van der Waals surface area (Å²) < 4.78 is 5.66. The van der Waals surface area contributed by atoms with Gasteiger partial charge in [0.2, 0.25) is 5.91 Å². The van der Waals surface area contributed by atoms with Gasteiger partial charge in [-0.2, -0.15) is 0 Å². The van der Waals surface area contributed by atoms with Crippen LogP contribution < -0.4 is 5.32 Å². The van der Waals surface area contributed by atoms with Crippen molar-refractivity contribution in [2.45, 2.75) is 44.6 Å². The fourth-order valence-corrected chi connectivity index (χ4v) is 5.31. The molecule has 1 saturated carbocycles. The van der Waals surface area contributed by atoms with E-state index in [2.05, 4.69) is 29.6 Å². The maximum atomic E-state index is 12.8. The zero-order chi connectivity index (χ0) is 23.9. The molecule has 0 bridgehead atoms. The van der Waals surface area contributed by atoms with E-state index in [0.29, 0.717) is 6.42 Å². The van der Waals surface area contributed by atoms with Gasteiger partial charge in [0, 0.05) is 31.5 Å². The average Bonchev–Trinajstić information content (AvgIpc) is 3.60. The van der Waals surface area contributed by atoms with E-state index in [-0.39, 0.29) is 49.9 Å². The Labute approximate surface area is 199 Å². The lowest BCUT2D eigenvalue weighted by Gasteiger charge is -2.47. The Balaban J connectivity index is 1.18. The van der Waals surface area contributed by atoms with Crippen LogP contribution in [0.4, 0.5) is 4.79 Å². The molecule has 1 saturated heterocycles. The number of alkyl carbamates (subject to hydrolysis) is 1. The molecule has 2 aromatic rings. The Morgan fingerprint density at radius 2 is 1.65 bits per heavy atom. The van der Waals surface area contributed by atoms with Gasteiger partial charge in [-0.15, -0.1) is 0 Å². The van der Waals surface area contributed by atoms with E-state index in [9.17, 15) is 19.5 Å². The number of carbonyl (C=O) groups excluding carboxylic acids is 2. The summed E-state index contributed by atoms with van der Waals surface area (Å²) in [6.07, 6.45) is 2.10. The SMILES string of the molecule is CCC1(C(=O)O)CN(C(=O)CC(NC(=O)OCC2c3ccccc3-c3ccccc32)C2CC2)C1. The second-order valence-electron chi connectivity index (χ2n) is 9.81. The van der Waals surface area contributed by atoms with Crippen molar-refractivity contribution in [1.82, 2.24) is 10.2 Å². The fraction of sp³-hybridized carbons (Fsp3) is 0.444. The Bertz CT molecular complexity index is 1070. The zero-order valence-electron chi connectivity index (χ0n) is 19.3. The highest BCUT2D eigenvalue weighted by molar-refractivity contribution is 5.84. The van der Waals surface area contributed by atoms with E-state index in [1.54, 1.807) is 4.90 Å². The largest absolute Gasteiger partial charge is 0.481 e. The van der Waals surface area contributed by atoms with Crippen molar-refractivity contribution in [2.24, 2.45) is 11.3 Å². The van der Waals surface area contributed by atoms with E-state index in [4.69, 9.17) is 4.74 Å². The summed E-state index contributed by atoms with van der Waals surface area (Å²) >= 11 is 0. The van der Waals surface area contributed by atoms with Gasteiger partial charge in [-0.1, -0.05) is 55.5 Å². The first-order chi connectivity index (χ1) is 16.4. The van der Waals surface area contributed by atoms with E-state index >= 15 is 0 Å². The van der Waals surface area contributed by atoms with Gasteiger partial charge in [-0.3, -0.25) is 9.59 Å². The lowest BCUT2D eigenvalue weighted by atomic mass is 9.77. The van der Waals surface area contributed by atoms with Crippen molar-refractivity contribution >= 4 is 18.0 Å². The van der Waals surface area contributed by atoms with Gasteiger partial charge >= 0.3 is 12.1 Å². The van der Waals surface area contributed by atoms with Gasteiger partial charge in [0.05, 0.1) is 0 Å². The number of benzene rings is 2. The number of rotatable bonds is 8. The molecule has 2 aliphatic carbocycles. The molecule has 2 aromatic carbocycles. The molecule has 0 aromatic heterocycles. The van der Waals surface area contributed by atoms with Crippen molar-refractivity contribution in [3.05, 3.63) is 59.7 Å². The molecule has 1 unspecified atom stereocenters. The Hall–Kier alpha value is -3.35. The number of likely N-dealkylation sites (tertiary alicyclic amines) is 1. The van der Waals surface area contributed by atoms with Gasteiger partial charge in [-0.25, -0.2) is 4.79 Å². The molecule has 0 radical (unpaired) electrons. The number of aliphatic carboxylic acids is 1. The third-order valence-electron chi connectivity index (χ3n) is 7.70. The maximum absolute atomic E-state index is 12.8. The Morgan fingerprint density at radius 1 is 1.06 bits per heavy atom. The number of nitrogens with zero attached hydrogens (tertiary/aromatic N) is 1. The smallest absolute Gasteiger partial charge is 0.407 e. The van der Waals surface area contributed by atoms with Crippen molar-refractivity contribution in [3.8, 4) is 11.1 Å². The molecular formula is C27H30N2O5. The molecule has 7 heteroatoms. The monoisotopic (exact) mass is 462 g/mol. The highest BCUT2D eigenvalue weighted by Gasteiger charge is 2.50. The van der Waals surface area contributed by atoms with Crippen LogP contribution in [0.2, 0.25) is 0 Å². The lowest BCUT2D eigenvalue weighted by molar-refractivity contribution is -0.166. The highest BCUT2D eigenvalue weighted by atomic mass is 16.5. The average molecular weight is 463 g/mol. The van der Waals surface area contributed by atoms with Crippen molar-refractivity contribution < 1.29 is 24.2 Å². The summed E-state index contributed by atoms with van der Waals surface area (Å²) in [6.45, 7) is 2.54. The van der Waals surface area contributed by atoms with Crippen LogP contribution in [0.15, 0.2) is 48.5 Å². The fourth-order valence-electron chi connectivity index (χ4n) is 5.31. The van der Waals surface area contributed by atoms with E-state index < -0.39 is 17.5 Å². The minimum absolute atomic E-state index is 0.0153. The number of hydrogen-bond acceptors (Lipinski definition) is 4. The van der Waals surface area contributed by atoms with Crippen LogP contribution in [0.3, 0.4) is 0 Å². The van der Waals surface area contributed by atoms with Crippen LogP contribution in [0.5, 0.6) is 0 Å². The quantitative estimate of drug-likeness (QED) is 0.618. The normalized spacial score (nSPS) is 18.9. The summed E-state index contributed by atoms with van der Waals surface area (Å²) in [4.78, 5) is 38.6. The maximum Gasteiger partial charge on any atom is 0.407 e. The van der Waals surface area contributed by atoms with Gasteiger partial charge in [0.1, 0.15) is 12.0 Å². The van der Waals surface area contributed by atoms with Crippen molar-refractivity contribution in [3.63, 3.8) is 0 Å². The highest BCUT2D eigenvalue weighted by Crippen LogP contribution is 2.44. The molecule has 34 heavy (non-hydrogen) atoms. The third kappa shape index (κ3) is 4.04. The lowest BCUT2D eigenvalue weighted by Crippen LogP contribution is -2.62. The minimum Gasteiger partial charge on any atom is -0.481 e. The molecule has 2 fully saturated rings. The zero-order valence-corrected chi connectivity index (χ0v) is 19.3. The molecule has 2 amide bonds. The standard InChI is InChI=1S/C27H30N2O5/c1-2-27(25(31)32)15-29(16-27)24(30)13-23(17-11-12-17)28-26(33)34-14-22-20-9-5-3-7-18(20)19-8-4-6-10-21(19)22/h3-10,17,22-23H,2,11-16H2,1H3,(H,28,33)(H,31,32). The molecule has 3 aliphatic rings. The predicted octanol–water partition coefficient (Wildman–Crippen LogP) is 4.02. The molecule has 1 heterocycles. The Morgan fingerprint density at radius 3 is 2.18 bits per heavy atom. The van der Waals surface area contributed by atoms with Gasteiger partial charge < -0.3 is 20.1 Å². The number of carbonyl (C=O) groups is 3. The molecule has 0 spiro atoms. The van der Waals surface area contributed by atoms with Gasteiger partial charge in [0.15, 0.2) is 0 Å². The summed E-state index contributed by atoms with van der Waals surface area (Å²) in [5, 5.41) is 12.4. The summed E-state index contributed by atoms with van der Waals surface area (Å²) in [6, 6.07) is 16.1. The minimum atomic E-state index is -0.852. The number of carboxylic acids is 1. The molecule has 178 valence electrons. The first-order valence-corrected chi connectivity index (χ1v) is 12.0. The van der Waals surface area contributed by atoms with Crippen molar-refractivity contribution in [1.29, 1.82) is 0 Å². The second kappa shape index (κ2) is 8.78. The number of ether oxygens (including phenoxy) is 1. The molecular weight excluding hydrogens is 432 g/mol. The van der Waals surface area contributed by atoms with E-state index in [0.717, 1.165) is 24.0 Å². The topological polar surface area (TPSA) is 95.9 Å². The number of fused-ring (bicyclic) bond motifs is 3. The van der Waals surface area contributed by atoms with Crippen LogP contribution in [-0.4, -0.2) is 53.7 Å². The second-order valence-corrected chi connectivity index (χ2v) is 9.81. The number of hydrogen-bond donors (Lipinski definition) is 2. The number of nitrogens with one attached hydrogen (secondary N) is 1. The third-order valence-corrected chi connectivity index (χ3v) is 7.70. The molecule has 1 atom stereocenters. The van der Waals surface area contributed by atoms with Crippen LogP contribution in [-0.2, 0) is 14.3 Å². The summed E-state index contributed by atoms with van der Waals surface area (Å²) in [5.74, 6) is -0.713. The van der Waals surface area contributed by atoms with Crippen LogP contribution >= 0.6 is 0 Å². The Kier molecular flexibility index (Phi) is 5.80. The van der Waals surface area contributed by atoms with Gasteiger partial charge in [0.25, 0.3) is 0 Å². The molecule has 1 aliphatic heterocycles. The number of carboxylic acid groups (broad SMARTS) is 1. The van der Waals surface area contributed by atoms with E-state index in [1.807, 2.05) is 31.2 Å². The van der Waals surface area contributed by atoms with Gasteiger partial charge in [-0.05, 0) is 47.4 Å². The molecule has 2 N–H and O–H groups in total. The van der Waals surface area contributed by atoms with Crippen LogP contribution in [0.25, 0.3) is 11.1 Å². The van der Waals surface area contributed by atoms with Crippen LogP contribution in [0, 0.1) is 11.3 Å². The first kappa shape index (κ1) is 22.4.